The number of nitro benzene ring substituents is 1. The number of amides is 1. The number of aryl methyl sites for hydroxylation is 1. The highest BCUT2D eigenvalue weighted by molar-refractivity contribution is 7.99. The number of nitrogens with zero attached hydrogens (tertiary/aromatic N) is 1. The summed E-state index contributed by atoms with van der Waals surface area (Å²) in [6.45, 7) is 2.99. The van der Waals surface area contributed by atoms with Crippen LogP contribution >= 0.6 is 23.1 Å². The van der Waals surface area contributed by atoms with Crippen molar-refractivity contribution in [1.82, 2.24) is 0 Å². The van der Waals surface area contributed by atoms with Crippen LogP contribution in [0.4, 0.5) is 11.4 Å². The summed E-state index contributed by atoms with van der Waals surface area (Å²) in [5, 5.41) is 15.6. The minimum atomic E-state index is -0.613. The van der Waals surface area contributed by atoms with Crippen molar-refractivity contribution in [3.8, 4) is 0 Å². The van der Waals surface area contributed by atoms with Crippen LogP contribution in [0, 0.1) is 24.0 Å². The molecule has 0 aliphatic carbocycles. The molecule has 0 unspecified atom stereocenters. The number of hydrogen-bond acceptors (Lipinski definition) is 7. The van der Waals surface area contributed by atoms with Gasteiger partial charge in [-0.1, -0.05) is 12.1 Å². The molecule has 1 amide bonds. The summed E-state index contributed by atoms with van der Waals surface area (Å²) in [6.07, 6.45) is 0. The van der Waals surface area contributed by atoms with E-state index in [1.807, 2.05) is 17.5 Å². The van der Waals surface area contributed by atoms with Gasteiger partial charge in [-0.3, -0.25) is 19.7 Å². The maximum Gasteiger partial charge on any atom is 0.316 e. The summed E-state index contributed by atoms with van der Waals surface area (Å²) in [6, 6.07) is 6.88. The Morgan fingerprint density at radius 1 is 1.31 bits per heavy atom. The van der Waals surface area contributed by atoms with Gasteiger partial charge in [0.05, 0.1) is 10.7 Å². The zero-order chi connectivity index (χ0) is 19.1. The van der Waals surface area contributed by atoms with E-state index in [1.165, 1.54) is 17.8 Å². The number of esters is 1. The standard InChI is InChI=1S/C17H18N2O5S2/c1-11-5-6-14(19(22)23)17(12(11)2)18-15(20)8-24-16(21)10-25-9-13-4-3-7-26-13/h3-7H,8-10H2,1-2H3,(H,18,20). The molecule has 2 rings (SSSR count). The van der Waals surface area contributed by atoms with Gasteiger partial charge >= 0.3 is 5.97 Å². The van der Waals surface area contributed by atoms with Crippen molar-refractivity contribution in [2.24, 2.45) is 0 Å². The van der Waals surface area contributed by atoms with Crippen LogP contribution in [-0.4, -0.2) is 29.2 Å². The molecule has 0 saturated carbocycles. The van der Waals surface area contributed by atoms with Crippen molar-refractivity contribution < 1.29 is 19.2 Å². The largest absolute Gasteiger partial charge is 0.455 e. The second-order valence-corrected chi connectivity index (χ2v) is 7.46. The minimum Gasteiger partial charge on any atom is -0.455 e. The average molecular weight is 394 g/mol. The molecule has 0 spiro atoms. The van der Waals surface area contributed by atoms with Crippen molar-refractivity contribution in [1.29, 1.82) is 0 Å². The summed E-state index contributed by atoms with van der Waals surface area (Å²) in [4.78, 5) is 35.4. The monoisotopic (exact) mass is 394 g/mol. The van der Waals surface area contributed by atoms with E-state index < -0.39 is 23.4 Å². The molecule has 1 aromatic carbocycles. The second kappa shape index (κ2) is 9.35. The Labute approximate surface area is 158 Å². The van der Waals surface area contributed by atoms with E-state index in [0.717, 1.165) is 10.4 Å². The topological polar surface area (TPSA) is 98.5 Å². The first kappa shape index (κ1) is 19.9. The average Bonchev–Trinajstić information content (AvgIpc) is 3.10. The molecule has 9 heteroatoms. The summed E-state index contributed by atoms with van der Waals surface area (Å²) >= 11 is 3.01. The van der Waals surface area contributed by atoms with Gasteiger partial charge in [0.15, 0.2) is 6.61 Å². The van der Waals surface area contributed by atoms with Crippen LogP contribution in [0.3, 0.4) is 0 Å². The number of carbonyl (C=O) groups excluding carboxylic acids is 2. The van der Waals surface area contributed by atoms with Crippen LogP contribution in [0.15, 0.2) is 29.6 Å². The van der Waals surface area contributed by atoms with Gasteiger partial charge in [0.1, 0.15) is 5.69 Å². The van der Waals surface area contributed by atoms with Gasteiger partial charge in [-0.25, -0.2) is 0 Å². The normalized spacial score (nSPS) is 10.4. The molecule has 0 fully saturated rings. The number of benzene rings is 1. The highest BCUT2D eigenvalue weighted by atomic mass is 32.2. The third-order valence-electron chi connectivity index (χ3n) is 3.58. The SMILES string of the molecule is Cc1ccc([N+](=O)[O-])c(NC(=O)COC(=O)CSCc2cccs2)c1C. The number of anilines is 1. The number of thioether (sulfide) groups is 1. The van der Waals surface area contributed by atoms with Crippen LogP contribution < -0.4 is 5.32 Å². The summed E-state index contributed by atoms with van der Waals surface area (Å²) < 4.78 is 4.93. The van der Waals surface area contributed by atoms with Crippen LogP contribution in [0.2, 0.25) is 0 Å². The fraction of sp³-hybridized carbons (Fsp3) is 0.294. The van der Waals surface area contributed by atoms with Gasteiger partial charge in [0.2, 0.25) is 0 Å². The van der Waals surface area contributed by atoms with Gasteiger partial charge in [-0.15, -0.1) is 23.1 Å². The Bertz CT molecular complexity index is 806. The molecule has 138 valence electrons. The molecule has 1 N–H and O–H groups in total. The summed E-state index contributed by atoms with van der Waals surface area (Å²) in [7, 11) is 0. The number of thiophene rings is 1. The van der Waals surface area contributed by atoms with Gasteiger partial charge in [0, 0.05) is 16.7 Å². The number of rotatable bonds is 8. The Morgan fingerprint density at radius 2 is 2.08 bits per heavy atom. The van der Waals surface area contributed by atoms with E-state index in [0.29, 0.717) is 11.3 Å². The van der Waals surface area contributed by atoms with Gasteiger partial charge in [-0.2, -0.15) is 0 Å². The number of nitrogens with one attached hydrogen (secondary N) is 1. The van der Waals surface area contributed by atoms with Gasteiger partial charge in [-0.05, 0) is 36.4 Å². The fourth-order valence-electron chi connectivity index (χ4n) is 2.10. The van der Waals surface area contributed by atoms with Gasteiger partial charge < -0.3 is 10.1 Å². The van der Waals surface area contributed by atoms with Crippen LogP contribution in [0.1, 0.15) is 16.0 Å². The molecule has 0 atom stereocenters. The molecule has 1 heterocycles. The maximum absolute atomic E-state index is 12.0. The molecule has 0 radical (unpaired) electrons. The first-order valence-corrected chi connectivity index (χ1v) is 9.72. The number of nitro groups is 1. The predicted octanol–water partition coefficient (Wildman–Crippen LogP) is 3.69. The maximum atomic E-state index is 12.0. The first-order valence-electron chi connectivity index (χ1n) is 7.68. The lowest BCUT2D eigenvalue weighted by Gasteiger charge is -2.11. The third kappa shape index (κ3) is 5.57. The molecule has 1 aromatic heterocycles. The van der Waals surface area contributed by atoms with E-state index in [1.54, 1.807) is 31.3 Å². The lowest BCUT2D eigenvalue weighted by atomic mass is 10.1. The summed E-state index contributed by atoms with van der Waals surface area (Å²) in [5.41, 5.74) is 1.35. The van der Waals surface area contributed by atoms with Crippen LogP contribution in [0.25, 0.3) is 0 Å². The molecule has 0 bridgehead atoms. The molecular weight excluding hydrogens is 376 g/mol. The van der Waals surface area contributed by atoms with E-state index in [-0.39, 0.29) is 17.1 Å². The van der Waals surface area contributed by atoms with Crippen LogP contribution in [-0.2, 0) is 20.1 Å². The van der Waals surface area contributed by atoms with E-state index in [4.69, 9.17) is 4.74 Å². The lowest BCUT2D eigenvalue weighted by molar-refractivity contribution is -0.384. The van der Waals surface area contributed by atoms with Gasteiger partial charge in [0.25, 0.3) is 11.6 Å². The quantitative estimate of drug-likeness (QED) is 0.416. The Kier molecular flexibility index (Phi) is 7.16. The number of ether oxygens (including phenoxy) is 1. The van der Waals surface area contributed by atoms with E-state index in [9.17, 15) is 19.7 Å². The zero-order valence-electron chi connectivity index (χ0n) is 14.3. The summed E-state index contributed by atoms with van der Waals surface area (Å²) in [5.74, 6) is -0.279. The van der Waals surface area contributed by atoms with Crippen molar-refractivity contribution in [3.63, 3.8) is 0 Å². The highest BCUT2D eigenvalue weighted by Gasteiger charge is 2.20. The highest BCUT2D eigenvalue weighted by Crippen LogP contribution is 2.30. The second-order valence-electron chi connectivity index (χ2n) is 5.44. The molecule has 26 heavy (non-hydrogen) atoms. The van der Waals surface area contributed by atoms with Crippen molar-refractivity contribution >= 4 is 46.3 Å². The van der Waals surface area contributed by atoms with E-state index >= 15 is 0 Å². The number of hydrogen-bond donors (Lipinski definition) is 1. The number of carbonyl (C=O) groups is 2. The van der Waals surface area contributed by atoms with E-state index in [2.05, 4.69) is 5.32 Å². The minimum absolute atomic E-state index is 0.128. The molecular formula is C17H18N2O5S2. The molecule has 0 saturated heterocycles. The molecule has 2 aromatic rings. The Morgan fingerprint density at radius 3 is 2.73 bits per heavy atom. The first-order chi connectivity index (χ1) is 12.4. The van der Waals surface area contributed by atoms with Crippen molar-refractivity contribution in [2.75, 3.05) is 17.7 Å². The van der Waals surface area contributed by atoms with Crippen molar-refractivity contribution in [2.45, 2.75) is 19.6 Å². The third-order valence-corrected chi connectivity index (χ3v) is 5.60. The lowest BCUT2D eigenvalue weighted by Crippen LogP contribution is -2.22. The fourth-order valence-corrected chi connectivity index (χ4v) is 3.77. The Balaban J connectivity index is 1.84. The zero-order valence-corrected chi connectivity index (χ0v) is 15.9. The van der Waals surface area contributed by atoms with Crippen LogP contribution in [0.5, 0.6) is 0 Å². The smallest absolute Gasteiger partial charge is 0.316 e. The Hall–Kier alpha value is -2.39. The molecule has 0 aliphatic rings. The molecule has 7 nitrogen and oxygen atoms in total. The van der Waals surface area contributed by atoms with Crippen molar-refractivity contribution in [3.05, 3.63) is 55.8 Å². The predicted molar refractivity (Wildman–Crippen MR) is 103 cm³/mol. The molecule has 0 aliphatic heterocycles.